The van der Waals surface area contributed by atoms with Crippen LogP contribution in [0, 0.1) is 0 Å². The van der Waals surface area contributed by atoms with Crippen LogP contribution in [0.15, 0.2) is 60.8 Å². The molecule has 3 N–H and O–H groups in total. The van der Waals surface area contributed by atoms with E-state index < -0.39 is 51.8 Å². The summed E-state index contributed by atoms with van der Waals surface area (Å²) in [6.45, 7) is 2.08. The monoisotopic (exact) mass is 684 g/mol. The first kappa shape index (κ1) is 44.7. The number of rotatable bonds is 31. The molecular weight excluding hydrogens is 623 g/mol. The molecule has 270 valence electrons. The Labute approximate surface area is 283 Å². The minimum atomic E-state index is -4.62. The number of allylic oxidation sites excluding steroid dienone is 10. The molecule has 0 aliphatic carbocycles. The zero-order chi connectivity index (χ0) is 34.9. The van der Waals surface area contributed by atoms with Crippen LogP contribution < -0.4 is 0 Å². The predicted octanol–water partition coefficient (Wildman–Crippen LogP) is 7.99. The molecule has 0 rings (SSSR count). The van der Waals surface area contributed by atoms with E-state index in [4.69, 9.17) is 19.1 Å². The second-order valence-electron chi connectivity index (χ2n) is 11.2. The van der Waals surface area contributed by atoms with Crippen LogP contribution in [0.1, 0.15) is 117 Å². The molecule has 2 unspecified atom stereocenters. The first-order chi connectivity index (χ1) is 22.7. The predicted molar refractivity (Wildman–Crippen MR) is 187 cm³/mol. The van der Waals surface area contributed by atoms with E-state index in [0.717, 1.165) is 64.2 Å². The van der Waals surface area contributed by atoms with Crippen LogP contribution in [0.4, 0.5) is 0 Å². The lowest BCUT2D eigenvalue weighted by molar-refractivity contribution is -0.161. The van der Waals surface area contributed by atoms with E-state index in [9.17, 15) is 24.2 Å². The minimum absolute atomic E-state index is 0.152. The molecule has 3 atom stereocenters. The van der Waals surface area contributed by atoms with E-state index in [2.05, 4.69) is 48.8 Å². The lowest BCUT2D eigenvalue weighted by Crippen LogP contribution is -2.29. The number of esters is 2. The van der Waals surface area contributed by atoms with Gasteiger partial charge in [0, 0.05) is 12.8 Å². The van der Waals surface area contributed by atoms with Crippen LogP contribution in [-0.2, 0) is 32.7 Å². The number of phosphoric acid groups is 1. The number of phosphoric ester groups is 1. The number of aliphatic hydroxyl groups excluding tert-OH is 2. The van der Waals surface area contributed by atoms with Crippen LogP contribution in [-0.4, -0.2) is 65.7 Å². The molecule has 0 heterocycles. The van der Waals surface area contributed by atoms with E-state index in [1.807, 2.05) is 30.4 Å². The van der Waals surface area contributed by atoms with Gasteiger partial charge >= 0.3 is 19.8 Å². The van der Waals surface area contributed by atoms with Crippen molar-refractivity contribution in [1.29, 1.82) is 0 Å². The van der Waals surface area contributed by atoms with Gasteiger partial charge in [-0.2, -0.15) is 0 Å². The molecule has 0 aromatic heterocycles. The highest BCUT2D eigenvalue weighted by molar-refractivity contribution is 7.47. The van der Waals surface area contributed by atoms with E-state index in [1.165, 1.54) is 12.8 Å². The summed E-state index contributed by atoms with van der Waals surface area (Å²) in [5, 5.41) is 18.2. The second kappa shape index (κ2) is 32.2. The number of carbonyl (C=O) groups excluding carboxylic acids is 2. The number of aliphatic hydroxyl groups is 2. The van der Waals surface area contributed by atoms with Crippen LogP contribution in [0.5, 0.6) is 0 Å². The van der Waals surface area contributed by atoms with Crippen molar-refractivity contribution in [2.24, 2.45) is 0 Å². The molecule has 0 saturated heterocycles. The molecule has 0 saturated carbocycles. The Morgan fingerprint density at radius 3 is 1.79 bits per heavy atom. The van der Waals surface area contributed by atoms with Crippen molar-refractivity contribution >= 4 is 19.8 Å². The fourth-order valence-electron chi connectivity index (χ4n) is 4.03. The summed E-state index contributed by atoms with van der Waals surface area (Å²) < 4.78 is 32.4. The van der Waals surface area contributed by atoms with Gasteiger partial charge in [-0.15, -0.1) is 0 Å². The summed E-state index contributed by atoms with van der Waals surface area (Å²) in [5.74, 6) is -0.992. The lowest BCUT2D eigenvalue weighted by atomic mass is 10.1. The molecule has 0 aliphatic heterocycles. The minimum Gasteiger partial charge on any atom is -0.462 e. The zero-order valence-electron chi connectivity index (χ0n) is 28.7. The summed E-state index contributed by atoms with van der Waals surface area (Å²) in [4.78, 5) is 34.7. The van der Waals surface area contributed by atoms with Gasteiger partial charge in [0.1, 0.15) is 12.7 Å². The third kappa shape index (κ3) is 32.0. The Morgan fingerprint density at radius 2 is 1.17 bits per heavy atom. The van der Waals surface area contributed by atoms with Crippen LogP contribution >= 0.6 is 7.82 Å². The molecule has 0 amide bonds. The van der Waals surface area contributed by atoms with Crippen molar-refractivity contribution in [1.82, 2.24) is 0 Å². The molecule has 11 heteroatoms. The van der Waals surface area contributed by atoms with E-state index in [0.29, 0.717) is 12.8 Å². The average Bonchev–Trinajstić information content (AvgIpc) is 3.05. The molecular formula is C36H61O10P. The van der Waals surface area contributed by atoms with Gasteiger partial charge in [-0.1, -0.05) is 113 Å². The average molecular weight is 685 g/mol. The maximum atomic E-state index is 12.5. The molecule has 0 fully saturated rings. The summed E-state index contributed by atoms with van der Waals surface area (Å²) in [7, 11) is -4.62. The van der Waals surface area contributed by atoms with E-state index in [1.54, 1.807) is 0 Å². The Balaban J connectivity index is 4.52. The lowest BCUT2D eigenvalue weighted by Gasteiger charge is -2.20. The van der Waals surface area contributed by atoms with Gasteiger partial charge in [-0.25, -0.2) is 4.57 Å². The number of unbranched alkanes of at least 4 members (excludes halogenated alkanes) is 10. The van der Waals surface area contributed by atoms with Crippen molar-refractivity contribution in [2.75, 3.05) is 26.4 Å². The summed E-state index contributed by atoms with van der Waals surface area (Å²) in [6.07, 6.45) is 32.0. The fourth-order valence-corrected chi connectivity index (χ4v) is 4.82. The van der Waals surface area contributed by atoms with Gasteiger partial charge in [0.05, 0.1) is 19.8 Å². The molecule has 47 heavy (non-hydrogen) atoms. The van der Waals surface area contributed by atoms with Crippen LogP contribution in [0.3, 0.4) is 0 Å². The van der Waals surface area contributed by atoms with Gasteiger partial charge in [0.25, 0.3) is 0 Å². The smallest absolute Gasteiger partial charge is 0.462 e. The van der Waals surface area contributed by atoms with Crippen LogP contribution in [0.25, 0.3) is 0 Å². The summed E-state index contributed by atoms with van der Waals surface area (Å²) >= 11 is 0. The van der Waals surface area contributed by atoms with Gasteiger partial charge in [-0.05, 0) is 51.4 Å². The fraction of sp³-hybridized carbons (Fsp3) is 0.667. The normalized spacial score (nSPS) is 14.9. The Hall–Kier alpha value is -2.33. The first-order valence-electron chi connectivity index (χ1n) is 17.3. The molecule has 0 spiro atoms. The van der Waals surface area contributed by atoms with Gasteiger partial charge < -0.3 is 24.6 Å². The van der Waals surface area contributed by atoms with Gasteiger partial charge in [0.15, 0.2) is 6.10 Å². The Morgan fingerprint density at radius 1 is 0.660 bits per heavy atom. The Bertz CT molecular complexity index is 973. The van der Waals surface area contributed by atoms with Gasteiger partial charge in [0.2, 0.25) is 0 Å². The van der Waals surface area contributed by atoms with Crippen molar-refractivity contribution in [2.45, 2.75) is 129 Å². The number of hydrogen-bond donors (Lipinski definition) is 3. The first-order valence-corrected chi connectivity index (χ1v) is 18.8. The quantitative estimate of drug-likeness (QED) is 0.0284. The van der Waals surface area contributed by atoms with Crippen molar-refractivity contribution in [3.8, 4) is 0 Å². The molecule has 0 aromatic carbocycles. The molecule has 0 radical (unpaired) electrons. The second-order valence-corrected chi connectivity index (χ2v) is 12.7. The number of hydrogen-bond acceptors (Lipinski definition) is 9. The molecule has 0 aliphatic rings. The topological polar surface area (TPSA) is 149 Å². The van der Waals surface area contributed by atoms with Crippen molar-refractivity contribution in [3.05, 3.63) is 60.8 Å². The van der Waals surface area contributed by atoms with Crippen molar-refractivity contribution in [3.63, 3.8) is 0 Å². The van der Waals surface area contributed by atoms with Gasteiger partial charge in [-0.3, -0.25) is 18.6 Å². The van der Waals surface area contributed by atoms with E-state index >= 15 is 0 Å². The number of carbonyl (C=O) groups is 2. The van der Waals surface area contributed by atoms with Crippen molar-refractivity contribution < 1.29 is 47.8 Å². The largest absolute Gasteiger partial charge is 0.472 e. The SMILES string of the molecule is CC/C=C/C=C/C=C/CCCCCCCC(=O)OC(COC(=O)CCCCC/C=C/C=C/CCCC)COP(=O)(O)OC[C@@H](O)CO. The third-order valence-electron chi connectivity index (χ3n) is 6.74. The maximum Gasteiger partial charge on any atom is 0.472 e. The highest BCUT2D eigenvalue weighted by Gasteiger charge is 2.27. The molecule has 10 nitrogen and oxygen atoms in total. The molecule has 0 aromatic rings. The molecule has 0 bridgehead atoms. The zero-order valence-corrected chi connectivity index (χ0v) is 29.6. The third-order valence-corrected chi connectivity index (χ3v) is 7.70. The Kier molecular flexibility index (Phi) is 30.6. The summed E-state index contributed by atoms with van der Waals surface area (Å²) in [5.41, 5.74) is 0. The summed E-state index contributed by atoms with van der Waals surface area (Å²) in [6, 6.07) is 0. The van der Waals surface area contributed by atoms with Crippen LogP contribution in [0.2, 0.25) is 0 Å². The standard InChI is InChI=1S/C36H61O10P/c1-3-5-7-9-11-13-15-16-18-20-22-24-26-28-36(40)46-34(32-45-47(41,42)44-30-33(38)29-37)31-43-35(39)27-25-23-21-19-17-14-12-10-8-6-4-2/h5,7,9-15,17,33-34,37-38H,3-4,6,8,16,18-32H2,1-2H3,(H,41,42)/b7-5+,11-9+,12-10+,15-13+,17-14+/t33-,34?/m0/s1. The van der Waals surface area contributed by atoms with E-state index in [-0.39, 0.29) is 19.4 Å². The maximum absolute atomic E-state index is 12.5. The highest BCUT2D eigenvalue weighted by Crippen LogP contribution is 2.43. The number of ether oxygens (including phenoxy) is 2. The highest BCUT2D eigenvalue weighted by atomic mass is 31.2.